The van der Waals surface area contributed by atoms with Gasteiger partial charge in [-0.25, -0.2) is 4.98 Å². The van der Waals surface area contributed by atoms with Gasteiger partial charge >= 0.3 is 5.97 Å². The molecule has 0 aliphatic heterocycles. The Hall–Kier alpha value is -1.62. The van der Waals surface area contributed by atoms with Gasteiger partial charge in [-0.05, 0) is 19.1 Å². The largest absolute Gasteiger partial charge is 0.481 e. The zero-order valence-corrected chi connectivity index (χ0v) is 7.90. The van der Waals surface area contributed by atoms with E-state index in [0.29, 0.717) is 11.5 Å². The third-order valence-corrected chi connectivity index (χ3v) is 1.87. The van der Waals surface area contributed by atoms with Gasteiger partial charge in [-0.1, -0.05) is 6.07 Å². The van der Waals surface area contributed by atoms with Crippen LogP contribution in [-0.4, -0.2) is 16.1 Å². The molecule has 0 aliphatic rings. The van der Waals surface area contributed by atoms with Crippen molar-refractivity contribution in [3.63, 3.8) is 0 Å². The minimum Gasteiger partial charge on any atom is -0.481 e. The van der Waals surface area contributed by atoms with E-state index < -0.39 is 11.5 Å². The second kappa shape index (κ2) is 3.63. The van der Waals surface area contributed by atoms with E-state index in [9.17, 15) is 4.79 Å². The lowest BCUT2D eigenvalue weighted by molar-refractivity contribution is -0.138. The van der Waals surface area contributed by atoms with Crippen molar-refractivity contribution in [3.05, 3.63) is 23.9 Å². The predicted molar refractivity (Wildman–Crippen MR) is 52.4 cm³/mol. The number of hydrogen-bond donors (Lipinski definition) is 3. The van der Waals surface area contributed by atoms with E-state index in [1.54, 1.807) is 25.1 Å². The summed E-state index contributed by atoms with van der Waals surface area (Å²) in [6, 6.07) is 4.99. The topological polar surface area (TPSA) is 102 Å². The molecule has 76 valence electrons. The fourth-order valence-electron chi connectivity index (χ4n) is 1.17. The number of nitrogens with two attached hydrogens (primary N) is 2. The normalized spacial score (nSPS) is 14.7. The van der Waals surface area contributed by atoms with Crippen LogP contribution in [-0.2, 0) is 10.3 Å². The molecule has 1 aromatic rings. The molecular formula is C9H13N3O2. The fraction of sp³-hybridized carbons (Fsp3) is 0.333. The van der Waals surface area contributed by atoms with Gasteiger partial charge < -0.3 is 16.6 Å². The standard InChI is InChI=1S/C9H13N3O2/c1-9(11,5-8(13)14)6-3-2-4-7(10)12-6/h2-4H,5,11H2,1H3,(H2,10,12)(H,13,14)/t9-/m1/s1. The molecule has 0 saturated carbocycles. The minimum atomic E-state index is -0.985. The van der Waals surface area contributed by atoms with Gasteiger partial charge in [0.05, 0.1) is 17.7 Å². The average Bonchev–Trinajstić information content (AvgIpc) is 2.01. The van der Waals surface area contributed by atoms with E-state index in [2.05, 4.69) is 4.98 Å². The Kier molecular flexibility index (Phi) is 2.71. The highest BCUT2D eigenvalue weighted by Gasteiger charge is 2.26. The second-order valence-corrected chi connectivity index (χ2v) is 3.44. The molecule has 5 heteroatoms. The molecule has 0 radical (unpaired) electrons. The quantitative estimate of drug-likeness (QED) is 0.644. The molecule has 1 aromatic heterocycles. The molecule has 0 spiro atoms. The Morgan fingerprint density at radius 3 is 2.79 bits per heavy atom. The smallest absolute Gasteiger partial charge is 0.305 e. The van der Waals surface area contributed by atoms with Crippen molar-refractivity contribution in [2.45, 2.75) is 18.9 Å². The lowest BCUT2D eigenvalue weighted by Crippen LogP contribution is -2.36. The number of carbonyl (C=O) groups is 1. The van der Waals surface area contributed by atoms with E-state index in [-0.39, 0.29) is 6.42 Å². The first-order chi connectivity index (χ1) is 6.42. The number of pyridine rings is 1. The van der Waals surface area contributed by atoms with Crippen molar-refractivity contribution in [3.8, 4) is 0 Å². The van der Waals surface area contributed by atoms with Gasteiger partial charge in [0.15, 0.2) is 0 Å². The highest BCUT2D eigenvalue weighted by atomic mass is 16.4. The molecule has 1 atom stereocenters. The van der Waals surface area contributed by atoms with Gasteiger partial charge in [0.25, 0.3) is 0 Å². The van der Waals surface area contributed by atoms with Crippen LogP contribution < -0.4 is 11.5 Å². The Bertz CT molecular complexity index is 350. The molecule has 14 heavy (non-hydrogen) atoms. The maximum absolute atomic E-state index is 10.5. The van der Waals surface area contributed by atoms with Gasteiger partial charge in [-0.2, -0.15) is 0 Å². The van der Waals surface area contributed by atoms with E-state index >= 15 is 0 Å². The number of hydrogen-bond acceptors (Lipinski definition) is 4. The van der Waals surface area contributed by atoms with Crippen molar-refractivity contribution in [1.29, 1.82) is 0 Å². The van der Waals surface area contributed by atoms with Gasteiger partial charge in [0.1, 0.15) is 5.82 Å². The molecule has 5 N–H and O–H groups in total. The van der Waals surface area contributed by atoms with Crippen LogP contribution in [0.5, 0.6) is 0 Å². The number of carboxylic acids is 1. The van der Waals surface area contributed by atoms with E-state index in [1.807, 2.05) is 0 Å². The number of aromatic nitrogens is 1. The molecule has 0 saturated heterocycles. The van der Waals surface area contributed by atoms with Crippen LogP contribution in [0, 0.1) is 0 Å². The maximum Gasteiger partial charge on any atom is 0.305 e. The van der Waals surface area contributed by atoms with E-state index in [4.69, 9.17) is 16.6 Å². The average molecular weight is 195 g/mol. The summed E-state index contributed by atoms with van der Waals surface area (Å²) in [5.74, 6) is -0.621. The van der Waals surface area contributed by atoms with Gasteiger partial charge in [-0.15, -0.1) is 0 Å². The monoisotopic (exact) mass is 195 g/mol. The van der Waals surface area contributed by atoms with Crippen molar-refractivity contribution in [1.82, 2.24) is 4.98 Å². The van der Waals surface area contributed by atoms with Crippen LogP contribution in [0.25, 0.3) is 0 Å². The minimum absolute atomic E-state index is 0.177. The highest BCUT2D eigenvalue weighted by molar-refractivity contribution is 5.68. The Balaban J connectivity index is 2.97. The zero-order valence-electron chi connectivity index (χ0n) is 7.90. The summed E-state index contributed by atoms with van der Waals surface area (Å²) in [5, 5.41) is 8.64. The summed E-state index contributed by atoms with van der Waals surface area (Å²) in [6.45, 7) is 1.61. The first-order valence-electron chi connectivity index (χ1n) is 4.15. The molecule has 0 fully saturated rings. The van der Waals surface area contributed by atoms with Crippen molar-refractivity contribution < 1.29 is 9.90 Å². The van der Waals surface area contributed by atoms with Crippen molar-refractivity contribution in [2.24, 2.45) is 5.73 Å². The SMILES string of the molecule is C[C@@](N)(CC(=O)O)c1cccc(N)n1. The zero-order chi connectivity index (χ0) is 10.8. The highest BCUT2D eigenvalue weighted by Crippen LogP contribution is 2.20. The summed E-state index contributed by atoms with van der Waals surface area (Å²) >= 11 is 0. The third-order valence-electron chi connectivity index (χ3n) is 1.87. The second-order valence-electron chi connectivity index (χ2n) is 3.44. The summed E-state index contributed by atoms with van der Waals surface area (Å²) < 4.78 is 0. The lowest BCUT2D eigenvalue weighted by Gasteiger charge is -2.21. The Morgan fingerprint density at radius 2 is 2.29 bits per heavy atom. The first kappa shape index (κ1) is 10.5. The van der Waals surface area contributed by atoms with Crippen molar-refractivity contribution >= 4 is 11.8 Å². The van der Waals surface area contributed by atoms with Crippen LogP contribution in [0.4, 0.5) is 5.82 Å². The lowest BCUT2D eigenvalue weighted by atomic mass is 9.94. The van der Waals surface area contributed by atoms with Crippen LogP contribution in [0.2, 0.25) is 0 Å². The third kappa shape index (κ3) is 2.43. The summed E-state index contributed by atoms with van der Waals surface area (Å²) in [6.07, 6.45) is -0.177. The summed E-state index contributed by atoms with van der Waals surface area (Å²) in [5.41, 5.74) is 10.8. The molecule has 0 aromatic carbocycles. The molecule has 0 bridgehead atoms. The number of rotatable bonds is 3. The van der Waals surface area contributed by atoms with Gasteiger partial charge in [-0.3, -0.25) is 4.79 Å². The predicted octanol–water partition coefficient (Wildman–Crippen LogP) is 0.312. The molecule has 0 aliphatic carbocycles. The molecule has 0 amide bonds. The molecule has 1 rings (SSSR count). The van der Waals surface area contributed by atoms with Gasteiger partial charge in [0.2, 0.25) is 0 Å². The van der Waals surface area contributed by atoms with Crippen LogP contribution in [0.15, 0.2) is 18.2 Å². The van der Waals surface area contributed by atoms with E-state index in [0.717, 1.165) is 0 Å². The summed E-state index contributed by atoms with van der Waals surface area (Å²) in [7, 11) is 0. The van der Waals surface area contributed by atoms with E-state index in [1.165, 1.54) is 0 Å². The number of aliphatic carboxylic acids is 1. The number of anilines is 1. The van der Waals surface area contributed by atoms with Crippen molar-refractivity contribution in [2.75, 3.05) is 5.73 Å². The van der Waals surface area contributed by atoms with Crippen LogP contribution in [0.1, 0.15) is 19.0 Å². The molecule has 5 nitrogen and oxygen atoms in total. The molecule has 1 heterocycles. The molecule has 0 unspecified atom stereocenters. The van der Waals surface area contributed by atoms with Crippen LogP contribution in [0.3, 0.4) is 0 Å². The first-order valence-corrected chi connectivity index (χ1v) is 4.15. The number of carboxylic acid groups (broad SMARTS) is 1. The Morgan fingerprint density at radius 1 is 1.64 bits per heavy atom. The fourth-order valence-corrected chi connectivity index (χ4v) is 1.17. The maximum atomic E-state index is 10.5. The van der Waals surface area contributed by atoms with Gasteiger partial charge in [0, 0.05) is 0 Å². The number of nitrogen functional groups attached to an aromatic ring is 1. The summed E-state index contributed by atoms with van der Waals surface area (Å²) in [4.78, 5) is 14.5. The van der Waals surface area contributed by atoms with Crippen LogP contribution >= 0.6 is 0 Å². The molecular weight excluding hydrogens is 182 g/mol. The number of nitrogens with zero attached hydrogens (tertiary/aromatic N) is 1. The Labute approximate surface area is 81.7 Å².